The van der Waals surface area contributed by atoms with E-state index >= 15 is 0 Å². The molecule has 0 saturated carbocycles. The minimum absolute atomic E-state index is 0.0562. The van der Waals surface area contributed by atoms with E-state index in [0.717, 1.165) is 0 Å². The summed E-state index contributed by atoms with van der Waals surface area (Å²) in [7, 11) is -2.23. The van der Waals surface area contributed by atoms with Gasteiger partial charge in [0.15, 0.2) is 0 Å². The SMILES string of the molecule is COCC(C)NS(=O)(=O)c1ccc(NC(=O)C2=NN(c3ccccc3)C(C(N)=O)C2)cc1. The molecule has 0 spiro atoms. The van der Waals surface area contributed by atoms with Gasteiger partial charge >= 0.3 is 0 Å². The fourth-order valence-corrected chi connectivity index (χ4v) is 4.45. The van der Waals surface area contributed by atoms with E-state index in [0.29, 0.717) is 11.4 Å². The van der Waals surface area contributed by atoms with Crippen LogP contribution in [0.3, 0.4) is 0 Å². The Kier molecular flexibility index (Phi) is 7.23. The van der Waals surface area contributed by atoms with Crippen molar-refractivity contribution in [2.24, 2.45) is 10.8 Å². The van der Waals surface area contributed by atoms with Crippen LogP contribution in [-0.2, 0) is 24.3 Å². The van der Waals surface area contributed by atoms with Crippen molar-refractivity contribution in [3.8, 4) is 0 Å². The van der Waals surface area contributed by atoms with Crippen molar-refractivity contribution in [2.45, 2.75) is 30.3 Å². The fourth-order valence-electron chi connectivity index (χ4n) is 3.23. The fraction of sp³-hybridized carbons (Fsp3) is 0.286. The molecule has 2 aromatic rings. The summed E-state index contributed by atoms with van der Waals surface area (Å²) in [6.07, 6.45) is 0.0594. The standard InChI is InChI=1S/C21H25N5O5S/c1-14(13-31-2)25-32(29,30)17-10-8-15(9-11-17)23-21(28)18-12-19(20(22)27)26(24-18)16-6-4-3-5-7-16/h3-11,14,19,25H,12-13H2,1-2H3,(H2,22,27)(H,23,28). The van der Waals surface area contributed by atoms with Crippen LogP contribution in [-0.4, -0.2) is 51.7 Å². The normalized spacial score (nSPS) is 17.0. The van der Waals surface area contributed by atoms with E-state index in [1.54, 1.807) is 31.2 Å². The molecule has 4 N–H and O–H groups in total. The highest BCUT2D eigenvalue weighted by Crippen LogP contribution is 2.25. The van der Waals surface area contributed by atoms with Gasteiger partial charge in [0.25, 0.3) is 5.91 Å². The van der Waals surface area contributed by atoms with Gasteiger partial charge < -0.3 is 15.8 Å². The lowest BCUT2D eigenvalue weighted by Crippen LogP contribution is -2.39. The summed E-state index contributed by atoms with van der Waals surface area (Å²) in [5, 5.41) is 8.39. The van der Waals surface area contributed by atoms with Crippen LogP contribution in [0, 0.1) is 0 Å². The zero-order valence-electron chi connectivity index (χ0n) is 17.7. The minimum Gasteiger partial charge on any atom is -0.383 e. The van der Waals surface area contributed by atoms with E-state index in [4.69, 9.17) is 10.5 Å². The number of hydrogen-bond acceptors (Lipinski definition) is 7. The monoisotopic (exact) mass is 459 g/mol. The highest BCUT2D eigenvalue weighted by Gasteiger charge is 2.35. The smallest absolute Gasteiger partial charge is 0.271 e. The molecule has 0 fully saturated rings. The number of nitrogens with one attached hydrogen (secondary N) is 2. The van der Waals surface area contributed by atoms with E-state index in [1.165, 1.54) is 36.4 Å². The second-order valence-corrected chi connectivity index (χ2v) is 9.02. The molecule has 0 aliphatic carbocycles. The van der Waals surface area contributed by atoms with Gasteiger partial charge in [-0.3, -0.25) is 14.6 Å². The van der Waals surface area contributed by atoms with Crippen molar-refractivity contribution in [1.29, 1.82) is 0 Å². The number of nitrogens with zero attached hydrogens (tertiary/aromatic N) is 2. The summed E-state index contributed by atoms with van der Waals surface area (Å²) >= 11 is 0. The molecule has 1 aliphatic rings. The predicted octanol–water partition coefficient (Wildman–Crippen LogP) is 1.06. The Labute approximate surface area is 186 Å². The molecular weight excluding hydrogens is 434 g/mol. The maximum Gasteiger partial charge on any atom is 0.271 e. The van der Waals surface area contributed by atoms with Gasteiger partial charge in [0.05, 0.1) is 17.2 Å². The molecule has 0 bridgehead atoms. The van der Waals surface area contributed by atoms with Crippen molar-refractivity contribution in [1.82, 2.24) is 4.72 Å². The summed E-state index contributed by atoms with van der Waals surface area (Å²) in [5.41, 5.74) is 6.66. The molecule has 170 valence electrons. The van der Waals surface area contributed by atoms with Gasteiger partial charge in [-0.25, -0.2) is 13.1 Å². The van der Waals surface area contributed by atoms with Crippen LogP contribution in [0.2, 0.25) is 0 Å². The highest BCUT2D eigenvalue weighted by molar-refractivity contribution is 7.89. The number of carbonyl (C=O) groups excluding carboxylic acids is 2. The average molecular weight is 460 g/mol. The first-order valence-electron chi connectivity index (χ1n) is 9.85. The van der Waals surface area contributed by atoms with Crippen LogP contribution >= 0.6 is 0 Å². The molecule has 0 radical (unpaired) electrons. The topological polar surface area (TPSA) is 143 Å². The Bertz CT molecular complexity index is 1100. The Morgan fingerprint density at radius 3 is 2.44 bits per heavy atom. The number of rotatable bonds is 9. The number of sulfonamides is 1. The van der Waals surface area contributed by atoms with Crippen molar-refractivity contribution < 1.29 is 22.7 Å². The van der Waals surface area contributed by atoms with Crippen molar-refractivity contribution in [2.75, 3.05) is 24.0 Å². The first-order chi connectivity index (χ1) is 15.2. The third-order valence-electron chi connectivity index (χ3n) is 4.72. The molecular formula is C21H25N5O5S. The van der Waals surface area contributed by atoms with Gasteiger partial charge in [0.1, 0.15) is 11.8 Å². The number of carbonyl (C=O) groups is 2. The van der Waals surface area contributed by atoms with E-state index in [2.05, 4.69) is 15.1 Å². The maximum atomic E-state index is 12.7. The highest BCUT2D eigenvalue weighted by atomic mass is 32.2. The molecule has 3 rings (SSSR count). The molecule has 11 heteroatoms. The molecule has 2 aromatic carbocycles. The molecule has 2 atom stereocenters. The maximum absolute atomic E-state index is 12.7. The van der Waals surface area contributed by atoms with Crippen LogP contribution in [0.1, 0.15) is 13.3 Å². The van der Waals surface area contributed by atoms with Gasteiger partial charge in [-0.2, -0.15) is 5.10 Å². The van der Waals surface area contributed by atoms with Crippen LogP contribution in [0.4, 0.5) is 11.4 Å². The van der Waals surface area contributed by atoms with Gasteiger partial charge in [-0.15, -0.1) is 0 Å². The van der Waals surface area contributed by atoms with Gasteiger partial charge in [-0.1, -0.05) is 18.2 Å². The number of primary amides is 1. The number of para-hydroxylation sites is 1. The summed E-state index contributed by atoms with van der Waals surface area (Å²) in [5.74, 6) is -1.10. The zero-order chi connectivity index (χ0) is 23.3. The number of hydrazone groups is 1. The average Bonchev–Trinajstić information content (AvgIpc) is 3.21. The first kappa shape index (κ1) is 23.4. The lowest BCUT2D eigenvalue weighted by molar-refractivity contribution is -0.119. The molecule has 10 nitrogen and oxygen atoms in total. The Hall–Kier alpha value is -3.28. The number of benzene rings is 2. The number of anilines is 2. The number of nitrogens with two attached hydrogens (primary N) is 1. The lowest BCUT2D eigenvalue weighted by atomic mass is 10.1. The Balaban J connectivity index is 1.71. The number of methoxy groups -OCH3 is 1. The molecule has 2 unspecified atom stereocenters. The minimum atomic E-state index is -3.72. The van der Waals surface area contributed by atoms with Crippen molar-refractivity contribution >= 4 is 38.9 Å². The molecule has 1 aliphatic heterocycles. The second-order valence-electron chi connectivity index (χ2n) is 7.31. The number of ether oxygens (including phenoxy) is 1. The van der Waals surface area contributed by atoms with E-state index in [9.17, 15) is 18.0 Å². The van der Waals surface area contributed by atoms with E-state index < -0.39 is 33.9 Å². The van der Waals surface area contributed by atoms with E-state index in [1.807, 2.05) is 6.07 Å². The van der Waals surface area contributed by atoms with Gasteiger partial charge in [0.2, 0.25) is 15.9 Å². The molecule has 32 heavy (non-hydrogen) atoms. The summed E-state index contributed by atoms with van der Waals surface area (Å²) in [6.45, 7) is 1.93. The lowest BCUT2D eigenvalue weighted by Gasteiger charge is -2.20. The second kappa shape index (κ2) is 9.90. The van der Waals surface area contributed by atoms with Crippen molar-refractivity contribution in [3.63, 3.8) is 0 Å². The quantitative estimate of drug-likeness (QED) is 0.512. The zero-order valence-corrected chi connectivity index (χ0v) is 18.5. The third-order valence-corrected chi connectivity index (χ3v) is 6.32. The van der Waals surface area contributed by atoms with Gasteiger partial charge in [0, 0.05) is 25.3 Å². The van der Waals surface area contributed by atoms with E-state index in [-0.39, 0.29) is 23.6 Å². The van der Waals surface area contributed by atoms with Crippen LogP contribution in [0.15, 0.2) is 64.6 Å². The van der Waals surface area contributed by atoms with Crippen LogP contribution in [0.5, 0.6) is 0 Å². The van der Waals surface area contributed by atoms with Crippen LogP contribution in [0.25, 0.3) is 0 Å². The summed E-state index contributed by atoms with van der Waals surface area (Å²) < 4.78 is 32.3. The molecule has 0 aromatic heterocycles. The molecule has 2 amide bonds. The summed E-state index contributed by atoms with van der Waals surface area (Å²) in [6, 6.07) is 13.5. The summed E-state index contributed by atoms with van der Waals surface area (Å²) in [4.78, 5) is 24.6. The number of amides is 2. The van der Waals surface area contributed by atoms with Crippen molar-refractivity contribution in [3.05, 3.63) is 54.6 Å². The first-order valence-corrected chi connectivity index (χ1v) is 11.3. The van der Waals surface area contributed by atoms with Gasteiger partial charge in [-0.05, 0) is 43.3 Å². The molecule has 1 heterocycles. The third kappa shape index (κ3) is 5.49. The predicted molar refractivity (Wildman–Crippen MR) is 121 cm³/mol. The molecule has 0 saturated heterocycles. The largest absolute Gasteiger partial charge is 0.383 e. The number of hydrogen-bond donors (Lipinski definition) is 3. The Morgan fingerprint density at radius 1 is 1.19 bits per heavy atom. The van der Waals surface area contributed by atoms with Crippen LogP contribution < -0.4 is 20.8 Å². The Morgan fingerprint density at radius 2 is 1.84 bits per heavy atom.